The number of nitrogens with one attached hydrogen (secondary N) is 1. The molecule has 1 fully saturated rings. The Labute approximate surface area is 105 Å². The van der Waals surface area contributed by atoms with Crippen LogP contribution in [0.3, 0.4) is 0 Å². The molecule has 2 aromatic rings. The minimum atomic E-state index is 0.529. The van der Waals surface area contributed by atoms with Gasteiger partial charge in [0.05, 0.1) is 0 Å². The summed E-state index contributed by atoms with van der Waals surface area (Å²) in [5.41, 5.74) is 0. The van der Waals surface area contributed by atoms with E-state index in [-0.39, 0.29) is 0 Å². The van der Waals surface area contributed by atoms with Gasteiger partial charge in [0.2, 0.25) is 11.9 Å². The maximum Gasteiger partial charge on any atom is 0.257 e. The van der Waals surface area contributed by atoms with E-state index < -0.39 is 0 Å². The fraction of sp³-hybridized carbons (Fsp3) is 0.455. The maximum atomic E-state index is 4.45. The van der Waals surface area contributed by atoms with Crippen LogP contribution >= 0.6 is 0 Å². The van der Waals surface area contributed by atoms with E-state index in [0.717, 1.165) is 0 Å². The van der Waals surface area contributed by atoms with Crippen molar-refractivity contribution in [3.05, 3.63) is 18.5 Å². The average molecular weight is 245 g/mol. The van der Waals surface area contributed by atoms with Gasteiger partial charge in [-0.2, -0.15) is 20.1 Å². The molecule has 2 heterocycles. The smallest absolute Gasteiger partial charge is 0.257 e. The first kappa shape index (κ1) is 10.9. The number of rotatable bonds is 4. The van der Waals surface area contributed by atoms with Gasteiger partial charge in [-0.3, -0.25) is 0 Å². The topological polar surface area (TPSA) is 71.8 Å². The number of hydrogen-bond donors (Lipinski definition) is 1. The van der Waals surface area contributed by atoms with E-state index in [1.54, 1.807) is 17.9 Å². The van der Waals surface area contributed by atoms with Gasteiger partial charge in [-0.15, -0.1) is 0 Å². The summed E-state index contributed by atoms with van der Waals surface area (Å²) in [5.74, 6) is 1.77. The Morgan fingerprint density at radius 2 is 2.17 bits per heavy atom. The van der Waals surface area contributed by atoms with Gasteiger partial charge in [-0.25, -0.2) is 4.68 Å². The fourth-order valence-electron chi connectivity index (χ4n) is 1.74. The average Bonchev–Trinajstić information content (AvgIpc) is 3.11. The molecule has 3 rings (SSSR count). The van der Waals surface area contributed by atoms with E-state index in [4.69, 9.17) is 0 Å². The van der Waals surface area contributed by atoms with Crippen molar-refractivity contribution < 1.29 is 0 Å². The molecule has 0 unspecified atom stereocenters. The SMILES string of the molecule is CNc1nc(N(C)C2CC2)nc(-n2cccn2)n1. The first-order valence-corrected chi connectivity index (χ1v) is 5.94. The van der Waals surface area contributed by atoms with E-state index in [9.17, 15) is 0 Å². The van der Waals surface area contributed by atoms with Gasteiger partial charge in [0.15, 0.2) is 0 Å². The van der Waals surface area contributed by atoms with Gasteiger partial charge >= 0.3 is 0 Å². The zero-order valence-corrected chi connectivity index (χ0v) is 10.4. The highest BCUT2D eigenvalue weighted by Crippen LogP contribution is 2.28. The van der Waals surface area contributed by atoms with Crippen LogP contribution in [0.1, 0.15) is 12.8 Å². The molecule has 0 atom stereocenters. The second-order valence-corrected chi connectivity index (χ2v) is 4.30. The third-order valence-corrected chi connectivity index (χ3v) is 2.95. The zero-order chi connectivity index (χ0) is 12.5. The predicted molar refractivity (Wildman–Crippen MR) is 67.9 cm³/mol. The van der Waals surface area contributed by atoms with Gasteiger partial charge in [0.25, 0.3) is 5.95 Å². The molecule has 18 heavy (non-hydrogen) atoms. The lowest BCUT2D eigenvalue weighted by Crippen LogP contribution is -2.23. The van der Waals surface area contributed by atoms with Crippen molar-refractivity contribution in [2.75, 3.05) is 24.3 Å². The molecule has 0 bridgehead atoms. The van der Waals surface area contributed by atoms with E-state index in [1.165, 1.54) is 12.8 Å². The minimum Gasteiger partial charge on any atom is -0.357 e. The Bertz CT molecular complexity index is 532. The summed E-state index contributed by atoms with van der Waals surface area (Å²) in [7, 11) is 3.81. The summed E-state index contributed by atoms with van der Waals surface area (Å²) in [5, 5.41) is 7.09. The molecule has 0 spiro atoms. The molecule has 7 heteroatoms. The molecular formula is C11H15N7. The summed E-state index contributed by atoms with van der Waals surface area (Å²) < 4.78 is 1.63. The standard InChI is InChI=1S/C11H15N7/c1-12-9-14-10(17(2)8-4-5-8)16-11(15-9)18-7-3-6-13-18/h3,6-8H,4-5H2,1-2H3,(H,12,14,15,16). The van der Waals surface area contributed by atoms with E-state index in [1.807, 2.05) is 19.3 Å². The van der Waals surface area contributed by atoms with Crippen molar-refractivity contribution in [1.82, 2.24) is 24.7 Å². The van der Waals surface area contributed by atoms with Crippen molar-refractivity contribution >= 4 is 11.9 Å². The Balaban J connectivity index is 2.01. The molecule has 0 saturated heterocycles. The molecule has 0 aliphatic heterocycles. The van der Waals surface area contributed by atoms with Crippen LogP contribution in [0.15, 0.2) is 18.5 Å². The third-order valence-electron chi connectivity index (χ3n) is 2.95. The van der Waals surface area contributed by atoms with Crippen molar-refractivity contribution in [3.63, 3.8) is 0 Å². The van der Waals surface area contributed by atoms with Crippen molar-refractivity contribution in [2.24, 2.45) is 0 Å². The monoisotopic (exact) mass is 245 g/mol. The highest BCUT2D eigenvalue weighted by molar-refractivity contribution is 5.40. The van der Waals surface area contributed by atoms with Crippen molar-refractivity contribution in [1.29, 1.82) is 0 Å². The van der Waals surface area contributed by atoms with Gasteiger partial charge in [-0.05, 0) is 18.9 Å². The first-order valence-electron chi connectivity index (χ1n) is 5.94. The summed E-state index contributed by atoms with van der Waals surface area (Å²) in [6, 6.07) is 2.40. The summed E-state index contributed by atoms with van der Waals surface area (Å²) in [6.45, 7) is 0. The molecule has 0 aromatic carbocycles. The van der Waals surface area contributed by atoms with E-state index in [0.29, 0.717) is 23.9 Å². The van der Waals surface area contributed by atoms with Crippen LogP contribution in [0, 0.1) is 0 Å². The third kappa shape index (κ3) is 1.99. The lowest BCUT2D eigenvalue weighted by atomic mass is 10.6. The quantitative estimate of drug-likeness (QED) is 0.854. The predicted octanol–water partition coefficient (Wildman–Crippen LogP) is 0.698. The Hall–Kier alpha value is -2.18. The van der Waals surface area contributed by atoms with Crippen LogP contribution in [-0.4, -0.2) is 44.9 Å². The molecular weight excluding hydrogens is 230 g/mol. The van der Waals surface area contributed by atoms with Crippen molar-refractivity contribution in [2.45, 2.75) is 18.9 Å². The largest absolute Gasteiger partial charge is 0.357 e. The highest BCUT2D eigenvalue weighted by atomic mass is 15.4. The van der Waals surface area contributed by atoms with Gasteiger partial charge < -0.3 is 10.2 Å². The van der Waals surface area contributed by atoms with E-state index >= 15 is 0 Å². The number of nitrogens with zero attached hydrogens (tertiary/aromatic N) is 6. The molecule has 1 aliphatic carbocycles. The lowest BCUT2D eigenvalue weighted by molar-refractivity contribution is 0.774. The van der Waals surface area contributed by atoms with Crippen LogP contribution in [0.4, 0.5) is 11.9 Å². The molecule has 2 aromatic heterocycles. The molecule has 0 amide bonds. The fourth-order valence-corrected chi connectivity index (χ4v) is 1.74. The zero-order valence-electron chi connectivity index (χ0n) is 10.4. The lowest BCUT2D eigenvalue weighted by Gasteiger charge is -2.17. The number of aromatic nitrogens is 5. The Morgan fingerprint density at radius 3 is 2.78 bits per heavy atom. The van der Waals surface area contributed by atoms with Gasteiger partial charge in [0, 0.05) is 32.5 Å². The Kier molecular flexibility index (Phi) is 2.58. The summed E-state index contributed by atoms with van der Waals surface area (Å²) >= 11 is 0. The van der Waals surface area contributed by atoms with Crippen LogP contribution in [-0.2, 0) is 0 Å². The summed E-state index contributed by atoms with van der Waals surface area (Å²) in [6.07, 6.45) is 5.92. The number of anilines is 2. The molecule has 1 saturated carbocycles. The Morgan fingerprint density at radius 1 is 1.33 bits per heavy atom. The molecule has 94 valence electrons. The second kappa shape index (κ2) is 4.25. The van der Waals surface area contributed by atoms with Crippen LogP contribution < -0.4 is 10.2 Å². The maximum absolute atomic E-state index is 4.45. The van der Waals surface area contributed by atoms with E-state index in [2.05, 4.69) is 30.3 Å². The summed E-state index contributed by atoms with van der Waals surface area (Å²) in [4.78, 5) is 15.2. The second-order valence-electron chi connectivity index (χ2n) is 4.30. The number of hydrogen-bond acceptors (Lipinski definition) is 6. The van der Waals surface area contributed by atoms with Crippen LogP contribution in [0.5, 0.6) is 0 Å². The van der Waals surface area contributed by atoms with Crippen LogP contribution in [0.25, 0.3) is 5.95 Å². The highest BCUT2D eigenvalue weighted by Gasteiger charge is 2.28. The molecule has 0 radical (unpaired) electrons. The molecule has 1 aliphatic rings. The molecule has 1 N–H and O–H groups in total. The van der Waals surface area contributed by atoms with Crippen molar-refractivity contribution in [3.8, 4) is 5.95 Å². The normalized spacial score (nSPS) is 14.6. The van der Waals surface area contributed by atoms with Gasteiger partial charge in [-0.1, -0.05) is 0 Å². The van der Waals surface area contributed by atoms with Crippen LogP contribution in [0.2, 0.25) is 0 Å². The molecule has 7 nitrogen and oxygen atoms in total. The minimum absolute atomic E-state index is 0.529. The van der Waals surface area contributed by atoms with Gasteiger partial charge in [0.1, 0.15) is 0 Å². The first-order chi connectivity index (χ1) is 8.78.